The average molecular weight is 383 g/mol. The van der Waals surface area contributed by atoms with Crippen LogP contribution in [0, 0.1) is 0 Å². The third-order valence-electron chi connectivity index (χ3n) is 3.60. The second-order valence-corrected chi connectivity index (χ2v) is 8.11. The van der Waals surface area contributed by atoms with Crippen LogP contribution in [0.25, 0.3) is 10.2 Å². The van der Waals surface area contributed by atoms with Gasteiger partial charge in [-0.25, -0.2) is 9.97 Å². The molecule has 27 heavy (non-hydrogen) atoms. The molecule has 0 unspecified atom stereocenters. The molecule has 3 N–H and O–H groups in total. The van der Waals surface area contributed by atoms with E-state index in [4.69, 9.17) is 0 Å². The van der Waals surface area contributed by atoms with Crippen molar-refractivity contribution >= 4 is 44.7 Å². The molecule has 2 heterocycles. The second kappa shape index (κ2) is 7.81. The van der Waals surface area contributed by atoms with Crippen LogP contribution in [-0.4, -0.2) is 33.9 Å². The van der Waals surface area contributed by atoms with Gasteiger partial charge in [-0.05, 0) is 45.0 Å². The van der Waals surface area contributed by atoms with Crippen LogP contribution in [-0.2, 0) is 4.79 Å². The largest absolute Gasteiger partial charge is 0.325 e. The highest BCUT2D eigenvalue weighted by atomic mass is 32.1. The molecular weight excluding hydrogens is 362 g/mol. The number of hydrogen-bond donors (Lipinski definition) is 3. The lowest BCUT2D eigenvalue weighted by Gasteiger charge is -2.20. The summed E-state index contributed by atoms with van der Waals surface area (Å²) in [6.07, 6.45) is 3.14. The molecule has 3 aromatic rings. The molecule has 8 heteroatoms. The van der Waals surface area contributed by atoms with Crippen molar-refractivity contribution < 1.29 is 9.59 Å². The van der Waals surface area contributed by atoms with Gasteiger partial charge in [-0.3, -0.25) is 9.59 Å². The monoisotopic (exact) mass is 383 g/mol. The predicted molar refractivity (Wildman–Crippen MR) is 108 cm³/mol. The van der Waals surface area contributed by atoms with Gasteiger partial charge in [0.05, 0.1) is 11.4 Å². The molecule has 7 nitrogen and oxygen atoms in total. The number of nitrogens with zero attached hydrogens (tertiary/aromatic N) is 2. The van der Waals surface area contributed by atoms with Gasteiger partial charge in [0.15, 0.2) is 0 Å². The van der Waals surface area contributed by atoms with E-state index in [9.17, 15) is 9.59 Å². The zero-order valence-electron chi connectivity index (χ0n) is 15.4. The molecule has 0 radical (unpaired) electrons. The maximum atomic E-state index is 12.5. The average Bonchev–Trinajstić information content (AvgIpc) is 3.04. The van der Waals surface area contributed by atoms with Crippen molar-refractivity contribution in [1.29, 1.82) is 0 Å². The summed E-state index contributed by atoms with van der Waals surface area (Å²) in [5.74, 6) is -0.368. The van der Waals surface area contributed by atoms with Crippen LogP contribution in [0.2, 0.25) is 0 Å². The highest BCUT2D eigenvalue weighted by Crippen LogP contribution is 2.24. The number of nitrogens with one attached hydrogen (secondary N) is 3. The summed E-state index contributed by atoms with van der Waals surface area (Å²) in [5.41, 5.74) is 1.09. The molecule has 3 rings (SSSR count). The Balaban J connectivity index is 1.64. The minimum atomic E-state index is -0.226. The Morgan fingerprint density at radius 1 is 1.11 bits per heavy atom. The Bertz CT molecular complexity index is 944. The van der Waals surface area contributed by atoms with Crippen molar-refractivity contribution in [3.63, 3.8) is 0 Å². The highest BCUT2D eigenvalue weighted by Gasteiger charge is 2.13. The van der Waals surface area contributed by atoms with Crippen LogP contribution in [0.15, 0.2) is 42.9 Å². The first-order valence-electron chi connectivity index (χ1n) is 8.46. The van der Waals surface area contributed by atoms with Crippen LogP contribution < -0.4 is 16.0 Å². The normalized spacial score (nSPS) is 11.4. The summed E-state index contributed by atoms with van der Waals surface area (Å²) < 4.78 is 0. The van der Waals surface area contributed by atoms with Gasteiger partial charge in [0, 0.05) is 28.5 Å². The summed E-state index contributed by atoms with van der Waals surface area (Å²) >= 11 is 1.31. The highest BCUT2D eigenvalue weighted by molar-refractivity contribution is 7.20. The van der Waals surface area contributed by atoms with Gasteiger partial charge in [0.25, 0.3) is 5.91 Å². The third-order valence-corrected chi connectivity index (χ3v) is 4.66. The molecule has 0 aliphatic rings. The van der Waals surface area contributed by atoms with Crippen LogP contribution in [0.1, 0.15) is 30.4 Å². The molecular formula is C19H21N5O2S. The minimum absolute atomic E-state index is 0.137. The third kappa shape index (κ3) is 5.32. The van der Waals surface area contributed by atoms with Crippen molar-refractivity contribution in [3.05, 3.63) is 47.7 Å². The Labute approximate surface area is 161 Å². The molecule has 0 bridgehead atoms. The van der Waals surface area contributed by atoms with E-state index < -0.39 is 0 Å². The van der Waals surface area contributed by atoms with Gasteiger partial charge < -0.3 is 16.0 Å². The Morgan fingerprint density at radius 2 is 1.85 bits per heavy atom. The Hall–Kier alpha value is -2.84. The van der Waals surface area contributed by atoms with Crippen LogP contribution in [0.4, 0.5) is 11.4 Å². The molecule has 140 valence electrons. The number of aromatic nitrogens is 2. The minimum Gasteiger partial charge on any atom is -0.325 e. The summed E-state index contributed by atoms with van der Waals surface area (Å²) in [7, 11) is 0. The van der Waals surface area contributed by atoms with Gasteiger partial charge in [-0.15, -0.1) is 11.3 Å². The number of hydrogen-bond acceptors (Lipinski definition) is 6. The smallest absolute Gasteiger partial charge is 0.265 e. The predicted octanol–water partition coefficient (Wildman–Crippen LogP) is 3.27. The lowest BCUT2D eigenvalue weighted by atomic mass is 10.1. The van der Waals surface area contributed by atoms with Gasteiger partial charge in [-0.1, -0.05) is 6.07 Å². The van der Waals surface area contributed by atoms with Gasteiger partial charge in [-0.2, -0.15) is 0 Å². The standard InChI is InChI=1S/C19H21N5O2S/c1-19(2,3)22-10-16(25)23-13-5-4-6-14(8-13)24-17(26)15-7-12-9-20-11-21-18(12)27-15/h4-9,11,22H,10H2,1-3H3,(H,23,25)(H,24,26). The number of rotatable bonds is 5. The first-order chi connectivity index (χ1) is 12.8. The van der Waals surface area contributed by atoms with Crippen molar-refractivity contribution in [3.8, 4) is 0 Å². The lowest BCUT2D eigenvalue weighted by molar-refractivity contribution is -0.115. The molecule has 0 atom stereocenters. The van der Waals surface area contributed by atoms with Gasteiger partial charge >= 0.3 is 0 Å². The van der Waals surface area contributed by atoms with E-state index in [0.29, 0.717) is 16.3 Å². The first kappa shape index (κ1) is 18.9. The number of thiophene rings is 1. The van der Waals surface area contributed by atoms with Crippen molar-refractivity contribution in [2.24, 2.45) is 0 Å². The molecule has 1 aromatic carbocycles. The first-order valence-corrected chi connectivity index (χ1v) is 9.28. The number of carbonyl (C=O) groups is 2. The van der Waals surface area contributed by atoms with Crippen LogP contribution >= 0.6 is 11.3 Å². The molecule has 2 amide bonds. The number of anilines is 2. The quantitative estimate of drug-likeness (QED) is 0.628. The molecule has 0 aliphatic carbocycles. The SMILES string of the molecule is CC(C)(C)NCC(=O)Nc1cccc(NC(=O)c2cc3cncnc3s2)c1. The van der Waals surface area contributed by atoms with E-state index >= 15 is 0 Å². The van der Waals surface area contributed by atoms with Crippen molar-refractivity contribution in [2.45, 2.75) is 26.3 Å². The molecule has 0 spiro atoms. The summed E-state index contributed by atoms with van der Waals surface area (Å²) in [4.78, 5) is 33.9. The molecule has 0 aliphatic heterocycles. The molecule has 2 aromatic heterocycles. The fourth-order valence-corrected chi connectivity index (χ4v) is 3.19. The Morgan fingerprint density at radius 3 is 2.56 bits per heavy atom. The number of fused-ring (bicyclic) bond motifs is 1. The van der Waals surface area contributed by atoms with E-state index in [1.165, 1.54) is 17.7 Å². The second-order valence-electron chi connectivity index (χ2n) is 7.08. The fourth-order valence-electron chi connectivity index (χ4n) is 2.32. The summed E-state index contributed by atoms with van der Waals surface area (Å²) in [6, 6.07) is 8.81. The van der Waals surface area contributed by atoms with E-state index in [-0.39, 0.29) is 23.9 Å². The van der Waals surface area contributed by atoms with Crippen molar-refractivity contribution in [2.75, 3.05) is 17.2 Å². The molecule has 0 saturated heterocycles. The fraction of sp³-hybridized carbons (Fsp3) is 0.263. The molecule has 0 fully saturated rings. The van der Waals surface area contributed by atoms with Gasteiger partial charge in [0.1, 0.15) is 11.2 Å². The number of carbonyl (C=O) groups excluding carboxylic acids is 2. The maximum Gasteiger partial charge on any atom is 0.265 e. The Kier molecular flexibility index (Phi) is 5.48. The zero-order valence-corrected chi connectivity index (χ0v) is 16.2. The van der Waals surface area contributed by atoms with E-state index in [1.54, 1.807) is 36.5 Å². The van der Waals surface area contributed by atoms with Crippen LogP contribution in [0.3, 0.4) is 0 Å². The van der Waals surface area contributed by atoms with E-state index in [2.05, 4.69) is 25.9 Å². The van der Waals surface area contributed by atoms with E-state index in [1.807, 2.05) is 20.8 Å². The van der Waals surface area contributed by atoms with Crippen molar-refractivity contribution in [1.82, 2.24) is 15.3 Å². The lowest BCUT2D eigenvalue weighted by Crippen LogP contribution is -2.41. The zero-order chi connectivity index (χ0) is 19.4. The van der Waals surface area contributed by atoms with Gasteiger partial charge in [0.2, 0.25) is 5.91 Å². The maximum absolute atomic E-state index is 12.5. The molecule has 0 saturated carbocycles. The number of benzene rings is 1. The van der Waals surface area contributed by atoms with E-state index in [0.717, 1.165) is 10.2 Å². The summed E-state index contributed by atoms with van der Waals surface area (Å²) in [6.45, 7) is 6.20. The number of amides is 2. The topological polar surface area (TPSA) is 96.0 Å². The summed E-state index contributed by atoms with van der Waals surface area (Å²) in [5, 5.41) is 9.63. The van der Waals surface area contributed by atoms with Crippen LogP contribution in [0.5, 0.6) is 0 Å².